The van der Waals surface area contributed by atoms with Crippen molar-refractivity contribution in [2.75, 3.05) is 0 Å². The number of carboxylic acids is 1. The van der Waals surface area contributed by atoms with E-state index in [1.54, 1.807) is 0 Å². The Hall–Kier alpha value is -1.78. The van der Waals surface area contributed by atoms with Gasteiger partial charge in [0.15, 0.2) is 0 Å². The molecule has 0 spiro atoms. The van der Waals surface area contributed by atoms with E-state index in [1.165, 1.54) is 12.1 Å². The zero-order valence-electron chi connectivity index (χ0n) is 8.54. The van der Waals surface area contributed by atoms with Crippen molar-refractivity contribution in [3.8, 4) is 0 Å². The smallest absolute Gasteiger partial charge is 0.330 e. The van der Waals surface area contributed by atoms with Gasteiger partial charge in [-0.25, -0.2) is 0 Å². The van der Waals surface area contributed by atoms with Crippen molar-refractivity contribution in [2.24, 2.45) is 0 Å². The van der Waals surface area contributed by atoms with Crippen LogP contribution in [0.4, 0.5) is 8.78 Å². The van der Waals surface area contributed by atoms with E-state index >= 15 is 0 Å². The fraction of sp³-hybridized carbons (Fsp3) is 0.273. The first kappa shape index (κ1) is 12.3. The molecule has 0 saturated carbocycles. The third-order valence-corrected chi connectivity index (χ3v) is 2.11. The molecule has 16 heavy (non-hydrogen) atoms. The van der Waals surface area contributed by atoms with E-state index in [0.29, 0.717) is 5.56 Å². The Balaban J connectivity index is 2.95. The van der Waals surface area contributed by atoms with E-state index in [4.69, 9.17) is 5.11 Å². The lowest BCUT2D eigenvalue weighted by atomic mass is 10.0. The van der Waals surface area contributed by atoms with Gasteiger partial charge in [-0.1, -0.05) is 24.3 Å². The second kappa shape index (κ2) is 4.38. The van der Waals surface area contributed by atoms with Crippen LogP contribution in [0.25, 0.3) is 0 Å². The number of carbonyl (C=O) groups excluding carboxylic acids is 1. The van der Waals surface area contributed by atoms with Gasteiger partial charge in [0, 0.05) is 12.5 Å². The number of alkyl halides is 2. The molecule has 0 bridgehead atoms. The average molecular weight is 228 g/mol. The summed E-state index contributed by atoms with van der Waals surface area (Å²) in [5, 5.41) is 8.48. The lowest BCUT2D eigenvalue weighted by molar-refractivity contribution is -0.142. The molecular weight excluding hydrogens is 218 g/mol. The highest BCUT2D eigenvalue weighted by Gasteiger charge is 2.37. The second-order valence-electron chi connectivity index (χ2n) is 3.40. The quantitative estimate of drug-likeness (QED) is 0.857. The maximum absolute atomic E-state index is 13.2. The molecule has 0 radical (unpaired) electrons. The van der Waals surface area contributed by atoms with Crippen LogP contribution >= 0.6 is 0 Å². The predicted molar refractivity (Wildman–Crippen MR) is 52.4 cm³/mol. The number of aliphatic carboxylic acids is 1. The van der Waals surface area contributed by atoms with Gasteiger partial charge in [0.1, 0.15) is 0 Å². The lowest BCUT2D eigenvalue weighted by Crippen LogP contribution is -2.22. The van der Waals surface area contributed by atoms with E-state index in [1.807, 2.05) is 0 Å². The number of halogens is 2. The maximum atomic E-state index is 13.2. The summed E-state index contributed by atoms with van der Waals surface area (Å²) in [5.74, 6) is -5.79. The Morgan fingerprint density at radius 2 is 1.75 bits per heavy atom. The van der Waals surface area contributed by atoms with Crippen LogP contribution < -0.4 is 0 Å². The molecule has 0 fully saturated rings. The number of carboxylic acid groups (broad SMARTS) is 1. The molecule has 0 aromatic heterocycles. The van der Waals surface area contributed by atoms with E-state index in [0.717, 1.165) is 19.1 Å². The SMILES string of the molecule is CC(=O)C(F)(F)c1ccc(CC(=O)O)cc1. The summed E-state index contributed by atoms with van der Waals surface area (Å²) in [6.07, 6.45) is -0.230. The lowest BCUT2D eigenvalue weighted by Gasteiger charge is -2.13. The maximum Gasteiger partial charge on any atom is 0.330 e. The Morgan fingerprint density at radius 3 is 2.12 bits per heavy atom. The molecule has 3 nitrogen and oxygen atoms in total. The van der Waals surface area contributed by atoms with Gasteiger partial charge in [-0.15, -0.1) is 0 Å². The van der Waals surface area contributed by atoms with Crippen molar-refractivity contribution in [1.29, 1.82) is 0 Å². The van der Waals surface area contributed by atoms with Gasteiger partial charge in [0.25, 0.3) is 0 Å². The highest BCUT2D eigenvalue weighted by molar-refractivity contribution is 5.84. The monoisotopic (exact) mass is 228 g/mol. The first-order valence-electron chi connectivity index (χ1n) is 4.54. The summed E-state index contributed by atoms with van der Waals surface area (Å²) in [4.78, 5) is 21.0. The molecule has 0 aliphatic carbocycles. The summed E-state index contributed by atoms with van der Waals surface area (Å²) in [6.45, 7) is 0.811. The Morgan fingerprint density at radius 1 is 1.25 bits per heavy atom. The number of hydrogen-bond acceptors (Lipinski definition) is 2. The van der Waals surface area contributed by atoms with Gasteiger partial charge in [0.2, 0.25) is 5.78 Å². The third-order valence-electron chi connectivity index (χ3n) is 2.11. The molecule has 1 rings (SSSR count). The first-order chi connectivity index (χ1) is 7.34. The molecule has 86 valence electrons. The van der Waals surface area contributed by atoms with Crippen LogP contribution in [0.15, 0.2) is 24.3 Å². The fourth-order valence-corrected chi connectivity index (χ4v) is 1.21. The van der Waals surface area contributed by atoms with Gasteiger partial charge in [-0.2, -0.15) is 8.78 Å². The van der Waals surface area contributed by atoms with Gasteiger partial charge in [-0.3, -0.25) is 9.59 Å². The summed E-state index contributed by atoms with van der Waals surface area (Å²) in [7, 11) is 0. The highest BCUT2D eigenvalue weighted by Crippen LogP contribution is 2.28. The molecular formula is C11H10F2O3. The first-order valence-corrected chi connectivity index (χ1v) is 4.54. The molecule has 0 unspecified atom stereocenters. The summed E-state index contributed by atoms with van der Waals surface area (Å²) >= 11 is 0. The number of ketones is 1. The van der Waals surface area contributed by atoms with E-state index in [9.17, 15) is 18.4 Å². The van der Waals surface area contributed by atoms with Gasteiger partial charge in [0.05, 0.1) is 6.42 Å². The van der Waals surface area contributed by atoms with Crippen LogP contribution in [0.3, 0.4) is 0 Å². The van der Waals surface area contributed by atoms with Crippen molar-refractivity contribution < 1.29 is 23.5 Å². The highest BCUT2D eigenvalue weighted by atomic mass is 19.3. The standard InChI is InChI=1S/C11H10F2O3/c1-7(14)11(12,13)9-4-2-8(3-5-9)6-10(15)16/h2-5H,6H2,1H3,(H,15,16). The predicted octanol–water partition coefficient (Wildman–Crippen LogP) is 1.99. The van der Waals surface area contributed by atoms with Crippen molar-refractivity contribution in [2.45, 2.75) is 19.3 Å². The minimum Gasteiger partial charge on any atom is -0.481 e. The minimum atomic E-state index is -3.51. The normalized spacial score (nSPS) is 11.2. The third kappa shape index (κ3) is 2.62. The number of hydrogen-bond donors (Lipinski definition) is 1. The van der Waals surface area contributed by atoms with Gasteiger partial charge in [-0.05, 0) is 5.56 Å². The van der Waals surface area contributed by atoms with Crippen LogP contribution in [0, 0.1) is 0 Å². The average Bonchev–Trinajstić information content (AvgIpc) is 2.17. The summed E-state index contributed by atoms with van der Waals surface area (Å²) < 4.78 is 26.4. The number of benzene rings is 1. The second-order valence-corrected chi connectivity index (χ2v) is 3.40. The molecule has 1 aromatic carbocycles. The molecule has 0 heterocycles. The molecule has 0 saturated heterocycles. The van der Waals surface area contributed by atoms with Crippen LogP contribution in [-0.4, -0.2) is 16.9 Å². The molecule has 0 amide bonds. The zero-order chi connectivity index (χ0) is 12.3. The van der Waals surface area contributed by atoms with E-state index in [-0.39, 0.29) is 6.42 Å². The molecule has 0 aliphatic rings. The van der Waals surface area contributed by atoms with Crippen LogP contribution in [0.5, 0.6) is 0 Å². The van der Waals surface area contributed by atoms with Crippen LogP contribution in [0.2, 0.25) is 0 Å². The Kier molecular flexibility index (Phi) is 3.37. The van der Waals surface area contributed by atoms with Crippen molar-refractivity contribution in [3.05, 3.63) is 35.4 Å². The molecule has 1 aromatic rings. The molecule has 0 atom stereocenters. The van der Waals surface area contributed by atoms with E-state index < -0.39 is 23.2 Å². The van der Waals surface area contributed by atoms with Crippen LogP contribution in [0.1, 0.15) is 18.1 Å². The molecule has 1 N–H and O–H groups in total. The Labute approximate surface area is 90.7 Å². The summed E-state index contributed by atoms with van der Waals surface area (Å²) in [6, 6.07) is 4.69. The largest absolute Gasteiger partial charge is 0.481 e. The zero-order valence-corrected chi connectivity index (χ0v) is 8.54. The van der Waals surface area contributed by atoms with Crippen LogP contribution in [-0.2, 0) is 21.9 Å². The number of carbonyl (C=O) groups is 2. The summed E-state index contributed by atoms with van der Waals surface area (Å²) in [5.41, 5.74) is -0.00950. The van der Waals surface area contributed by atoms with Crippen molar-refractivity contribution >= 4 is 11.8 Å². The van der Waals surface area contributed by atoms with Crippen molar-refractivity contribution in [3.63, 3.8) is 0 Å². The van der Waals surface area contributed by atoms with Gasteiger partial charge < -0.3 is 5.11 Å². The molecule has 0 aliphatic heterocycles. The topological polar surface area (TPSA) is 54.4 Å². The minimum absolute atomic E-state index is 0.230. The van der Waals surface area contributed by atoms with E-state index in [2.05, 4.69) is 0 Å². The Bertz CT molecular complexity index is 410. The number of Topliss-reactive ketones (excluding diaryl/α,β-unsaturated/α-hetero) is 1. The number of rotatable bonds is 4. The van der Waals surface area contributed by atoms with Gasteiger partial charge >= 0.3 is 11.9 Å². The molecule has 5 heteroatoms. The fourth-order valence-electron chi connectivity index (χ4n) is 1.21. The van der Waals surface area contributed by atoms with Crippen molar-refractivity contribution in [1.82, 2.24) is 0 Å².